The van der Waals surface area contributed by atoms with Crippen LogP contribution in [0.2, 0.25) is 0 Å². The fourth-order valence-corrected chi connectivity index (χ4v) is 5.84. The van der Waals surface area contributed by atoms with Crippen molar-refractivity contribution in [2.45, 2.75) is 65.3 Å². The van der Waals surface area contributed by atoms with Gasteiger partial charge in [0.05, 0.1) is 16.8 Å². The van der Waals surface area contributed by atoms with Crippen molar-refractivity contribution >= 4 is 61.8 Å². The van der Waals surface area contributed by atoms with E-state index in [0.29, 0.717) is 8.78 Å². The molecular weight excluding hydrogens is 657 g/mol. The second-order valence-corrected chi connectivity index (χ2v) is 14.0. The molecule has 3 aromatic rings. The maximum atomic E-state index is 16.2. The van der Waals surface area contributed by atoms with Gasteiger partial charge in [0.2, 0.25) is 17.0 Å². The molecule has 3 heterocycles. The number of ether oxygens (including phenoxy) is 2. The molecule has 0 N–H and O–H groups in total. The Morgan fingerprint density at radius 1 is 1.09 bits per heavy atom. The fourth-order valence-electron chi connectivity index (χ4n) is 4.25. The first-order valence-corrected chi connectivity index (χ1v) is 15.0. The average Bonchev–Trinajstić information content (AvgIpc) is 3.47. The number of rotatable bonds is 5. The highest BCUT2D eigenvalue weighted by Crippen LogP contribution is 2.33. The molecule has 1 aliphatic rings. The van der Waals surface area contributed by atoms with Gasteiger partial charge in [0, 0.05) is 35.3 Å². The number of pyridine rings is 1. The molecule has 1 fully saturated rings. The van der Waals surface area contributed by atoms with E-state index in [-0.39, 0.29) is 36.1 Å². The third kappa shape index (κ3) is 7.10. The molecule has 0 radical (unpaired) electrons. The van der Waals surface area contributed by atoms with Crippen LogP contribution in [0.3, 0.4) is 0 Å². The van der Waals surface area contributed by atoms with Crippen LogP contribution in [0.15, 0.2) is 35.1 Å². The third-order valence-corrected chi connectivity index (χ3v) is 7.86. The highest BCUT2D eigenvalue weighted by Gasteiger charge is 2.38. The Balaban J connectivity index is 1.86. The number of ketones is 1. The zero-order valence-corrected chi connectivity index (χ0v) is 26.6. The minimum Gasteiger partial charge on any atom is -0.443 e. The number of hydrogen-bond donors (Lipinski definition) is 0. The van der Waals surface area contributed by atoms with Crippen molar-refractivity contribution in [2.24, 2.45) is 0 Å². The van der Waals surface area contributed by atoms with Gasteiger partial charge in [0.15, 0.2) is 5.82 Å². The summed E-state index contributed by atoms with van der Waals surface area (Å²) < 4.78 is 72.6. The molecule has 2 atom stereocenters. The third-order valence-electron chi connectivity index (χ3n) is 5.99. The fraction of sp³-hybridized carbons (Fsp3) is 0.429. The van der Waals surface area contributed by atoms with E-state index in [1.54, 1.807) is 20.8 Å². The average molecular weight is 688 g/mol. The number of fused-ring (bicyclic) bond motifs is 1. The van der Waals surface area contributed by atoms with Gasteiger partial charge in [-0.3, -0.25) is 4.79 Å². The van der Waals surface area contributed by atoms with E-state index in [0.717, 1.165) is 27.2 Å². The molecule has 2 aromatic heterocycles. The molecule has 4 rings (SSSR count). The van der Waals surface area contributed by atoms with Gasteiger partial charge in [-0.2, -0.15) is 4.31 Å². The molecule has 0 saturated carbocycles. The van der Waals surface area contributed by atoms with Gasteiger partial charge < -0.3 is 9.47 Å². The molecule has 43 heavy (non-hydrogen) atoms. The van der Waals surface area contributed by atoms with Crippen LogP contribution in [-0.4, -0.2) is 66.5 Å². The van der Waals surface area contributed by atoms with Crippen molar-refractivity contribution in [1.29, 1.82) is 0 Å². The minimum absolute atomic E-state index is 0.00623. The number of nitrogens with zero attached hydrogens (tertiary/aromatic N) is 4. The first-order valence-electron chi connectivity index (χ1n) is 13.1. The summed E-state index contributed by atoms with van der Waals surface area (Å²) in [6.07, 6.45) is -1.00. The monoisotopic (exact) mass is 686 g/mol. The lowest BCUT2D eigenvalue weighted by Gasteiger charge is -2.29. The second-order valence-electron chi connectivity index (χ2n) is 11.8. The summed E-state index contributed by atoms with van der Waals surface area (Å²) in [5.74, 6) is -3.99. The highest BCUT2D eigenvalue weighted by molar-refractivity contribution is 9.10. The molecular formula is C28H30BrF3N4O6S. The van der Waals surface area contributed by atoms with E-state index in [1.165, 1.54) is 33.0 Å². The molecule has 15 heteroatoms. The summed E-state index contributed by atoms with van der Waals surface area (Å²) in [7, 11) is 0. The Labute approximate surface area is 257 Å². The molecule has 1 aromatic carbocycles. The Hall–Kier alpha value is -3.30. The van der Waals surface area contributed by atoms with Crippen molar-refractivity contribution in [3.8, 4) is 0 Å². The van der Waals surface area contributed by atoms with Crippen LogP contribution < -0.4 is 4.31 Å². The molecule has 1 aliphatic heterocycles. The summed E-state index contributed by atoms with van der Waals surface area (Å²) in [6, 6.07) is 3.02. The van der Waals surface area contributed by atoms with Gasteiger partial charge in [0.25, 0.3) is 0 Å². The second kappa shape index (κ2) is 12.0. The predicted molar refractivity (Wildman–Crippen MR) is 157 cm³/mol. The van der Waals surface area contributed by atoms with E-state index < -0.39 is 69.4 Å². The van der Waals surface area contributed by atoms with E-state index in [4.69, 9.17) is 9.47 Å². The summed E-state index contributed by atoms with van der Waals surface area (Å²) in [5, 5.41) is 0.0769. The molecule has 1 amide bonds. The van der Waals surface area contributed by atoms with Crippen LogP contribution in [0.5, 0.6) is 0 Å². The molecule has 0 spiro atoms. The summed E-state index contributed by atoms with van der Waals surface area (Å²) in [5.41, 5.74) is -4.13. The zero-order valence-electron chi connectivity index (χ0n) is 24.2. The lowest BCUT2D eigenvalue weighted by Crippen LogP contribution is -2.44. The molecule has 10 nitrogen and oxygen atoms in total. The number of aromatic nitrogens is 2. The van der Waals surface area contributed by atoms with Gasteiger partial charge in [-0.05, 0) is 82.1 Å². The number of carbonyl (C=O) groups excluding carboxylic acids is 3. The van der Waals surface area contributed by atoms with Crippen LogP contribution in [0, 0.1) is 11.6 Å². The van der Waals surface area contributed by atoms with Crippen LogP contribution in [0.1, 0.15) is 63.9 Å². The summed E-state index contributed by atoms with van der Waals surface area (Å²) in [4.78, 5) is 44.1. The van der Waals surface area contributed by atoms with Gasteiger partial charge in [-0.25, -0.2) is 40.8 Å². The molecule has 2 unspecified atom stereocenters. The smallest absolute Gasteiger partial charge is 0.428 e. The standard InChI is InChI=1S/C28H30BrF3N4O6S/c1-27(2,3)41-25(38)35-14-18(17-11-15(29)12-33-24(17)35)23(37)21-19(31)7-8-20(22(21)32)36(26(39)42-28(4,5)6)43(40)34-10-9-16(30)13-34/h7-8,11-12,14,16H,9-10,13H2,1-6H3. The number of hydrogen-bond acceptors (Lipinski definition) is 7. The van der Waals surface area contributed by atoms with Gasteiger partial charge in [-0.1, -0.05) is 0 Å². The topological polar surface area (TPSA) is 111 Å². The lowest BCUT2D eigenvalue weighted by molar-refractivity contribution is 0.0541. The Kier molecular flexibility index (Phi) is 9.10. The molecule has 232 valence electrons. The molecule has 0 bridgehead atoms. The first kappa shape index (κ1) is 32.6. The van der Waals surface area contributed by atoms with Gasteiger partial charge >= 0.3 is 12.2 Å². The largest absolute Gasteiger partial charge is 0.443 e. The van der Waals surface area contributed by atoms with E-state index in [2.05, 4.69) is 20.9 Å². The normalized spacial score (nSPS) is 16.7. The van der Waals surface area contributed by atoms with Crippen molar-refractivity contribution in [3.63, 3.8) is 0 Å². The van der Waals surface area contributed by atoms with Crippen molar-refractivity contribution in [2.75, 3.05) is 17.4 Å². The number of anilines is 1. The quantitative estimate of drug-likeness (QED) is 0.284. The summed E-state index contributed by atoms with van der Waals surface area (Å²) >= 11 is 0.755. The zero-order chi connectivity index (χ0) is 32.0. The number of carbonyl (C=O) groups is 3. The highest BCUT2D eigenvalue weighted by atomic mass is 79.9. The number of alkyl halides is 1. The number of halogens is 4. The van der Waals surface area contributed by atoms with Crippen molar-refractivity contribution in [1.82, 2.24) is 13.9 Å². The minimum atomic E-state index is -2.49. The lowest BCUT2D eigenvalue weighted by atomic mass is 10.0. The Morgan fingerprint density at radius 3 is 2.33 bits per heavy atom. The van der Waals surface area contributed by atoms with Crippen molar-refractivity contribution in [3.05, 3.63) is 57.8 Å². The SMILES string of the molecule is CC(C)(C)OC(=O)N(c1ccc(F)c(C(=O)c2cn(C(=O)OC(C)(C)C)c3ncc(Br)cc23)c1F)S(=O)N1CCC(F)C1. The van der Waals surface area contributed by atoms with E-state index >= 15 is 8.78 Å². The number of benzene rings is 1. The van der Waals surface area contributed by atoms with E-state index in [1.807, 2.05) is 0 Å². The van der Waals surface area contributed by atoms with Crippen LogP contribution in [0.25, 0.3) is 11.0 Å². The van der Waals surface area contributed by atoms with Crippen LogP contribution >= 0.6 is 15.9 Å². The molecule has 1 saturated heterocycles. The van der Waals surface area contributed by atoms with Gasteiger partial charge in [0.1, 0.15) is 28.8 Å². The van der Waals surface area contributed by atoms with Crippen LogP contribution in [0.4, 0.5) is 28.4 Å². The Morgan fingerprint density at radius 2 is 1.74 bits per heavy atom. The maximum absolute atomic E-state index is 16.2. The number of amides is 1. The Bertz CT molecular complexity index is 1640. The summed E-state index contributed by atoms with van der Waals surface area (Å²) in [6.45, 7) is 9.20. The van der Waals surface area contributed by atoms with Gasteiger partial charge in [-0.15, -0.1) is 0 Å². The first-order chi connectivity index (χ1) is 19.9. The van der Waals surface area contributed by atoms with Crippen LogP contribution in [-0.2, 0) is 20.6 Å². The van der Waals surface area contributed by atoms with Crippen molar-refractivity contribution < 1.29 is 41.2 Å². The van der Waals surface area contributed by atoms with E-state index in [9.17, 15) is 23.0 Å². The maximum Gasteiger partial charge on any atom is 0.428 e. The predicted octanol–water partition coefficient (Wildman–Crippen LogP) is 6.46. The molecule has 0 aliphatic carbocycles.